The van der Waals surface area contributed by atoms with E-state index in [9.17, 15) is 9.90 Å². The minimum absolute atomic E-state index is 0.0815. The average molecular weight is 408 g/mol. The molecule has 0 atom stereocenters. The molecule has 0 spiro atoms. The molecule has 0 fully saturated rings. The second-order valence-corrected chi connectivity index (χ2v) is 8.33. The topological polar surface area (TPSA) is 62.3 Å². The number of benzene rings is 2. The fraction of sp³-hybridized carbons (Fsp3) is 0.292. The fourth-order valence-corrected chi connectivity index (χ4v) is 4.86. The van der Waals surface area contributed by atoms with Crippen molar-refractivity contribution in [3.8, 4) is 22.6 Å². The van der Waals surface area contributed by atoms with Crippen molar-refractivity contribution in [3.63, 3.8) is 0 Å². The Bertz CT molecular complexity index is 1230. The van der Waals surface area contributed by atoms with Crippen LogP contribution in [0.1, 0.15) is 32.3 Å². The van der Waals surface area contributed by atoms with Crippen molar-refractivity contribution < 1.29 is 9.84 Å². The first-order chi connectivity index (χ1) is 14.1. The number of methoxy groups -OCH3 is 1. The summed E-state index contributed by atoms with van der Waals surface area (Å²) in [5, 5.41) is 14.5. The lowest BCUT2D eigenvalue weighted by atomic mass is 9.91. The minimum Gasteiger partial charge on any atom is -0.508 e. The molecule has 0 amide bonds. The van der Waals surface area contributed by atoms with E-state index >= 15 is 0 Å². The number of nitrogens with one attached hydrogen (secondary N) is 1. The van der Waals surface area contributed by atoms with Crippen molar-refractivity contribution in [1.29, 1.82) is 0 Å². The number of thiophene rings is 1. The van der Waals surface area contributed by atoms with Gasteiger partial charge < -0.3 is 14.8 Å². The molecule has 2 aromatic heterocycles. The number of ether oxygens (including phenoxy) is 1. The lowest BCUT2D eigenvalue weighted by Gasteiger charge is -2.16. The van der Waals surface area contributed by atoms with Gasteiger partial charge in [-0.2, -0.15) is 0 Å². The van der Waals surface area contributed by atoms with E-state index < -0.39 is 0 Å². The summed E-state index contributed by atoms with van der Waals surface area (Å²) in [5.41, 5.74) is 3.40. The molecule has 2 heterocycles. The average Bonchev–Trinajstić information content (AvgIpc) is 3.23. The van der Waals surface area contributed by atoms with Crippen molar-refractivity contribution in [2.45, 2.75) is 33.1 Å². The van der Waals surface area contributed by atoms with Gasteiger partial charge in [-0.25, -0.2) is 0 Å². The van der Waals surface area contributed by atoms with Gasteiger partial charge in [0.2, 0.25) is 0 Å². The molecular formula is C24H25NO3S. The van der Waals surface area contributed by atoms with Gasteiger partial charge in [-0.1, -0.05) is 38.8 Å². The van der Waals surface area contributed by atoms with E-state index in [1.807, 2.05) is 41.8 Å². The predicted octanol–water partition coefficient (Wildman–Crippen LogP) is 6.10. The van der Waals surface area contributed by atoms with Crippen molar-refractivity contribution in [2.24, 2.45) is 5.92 Å². The quantitative estimate of drug-likeness (QED) is 0.406. The highest BCUT2D eigenvalue weighted by molar-refractivity contribution is 7.17. The van der Waals surface area contributed by atoms with Gasteiger partial charge in [-0.15, -0.1) is 11.3 Å². The largest absolute Gasteiger partial charge is 0.508 e. The zero-order valence-corrected chi connectivity index (χ0v) is 17.7. The van der Waals surface area contributed by atoms with Gasteiger partial charge in [0.1, 0.15) is 16.2 Å². The van der Waals surface area contributed by atoms with Crippen LogP contribution in [0, 0.1) is 5.92 Å². The molecule has 0 saturated carbocycles. The number of hydrogen-bond acceptors (Lipinski definition) is 4. The molecule has 150 valence electrons. The Morgan fingerprint density at radius 2 is 1.93 bits per heavy atom. The Balaban J connectivity index is 1.94. The summed E-state index contributed by atoms with van der Waals surface area (Å²) in [5.74, 6) is 1.58. The highest BCUT2D eigenvalue weighted by Gasteiger charge is 2.18. The van der Waals surface area contributed by atoms with Crippen molar-refractivity contribution in [3.05, 3.63) is 57.7 Å². The van der Waals surface area contributed by atoms with Gasteiger partial charge in [0.15, 0.2) is 0 Å². The Morgan fingerprint density at radius 1 is 1.14 bits per heavy atom. The zero-order chi connectivity index (χ0) is 20.5. The molecule has 0 radical (unpaired) electrons. The third kappa shape index (κ3) is 3.40. The number of aromatic hydroxyl groups is 1. The summed E-state index contributed by atoms with van der Waals surface area (Å²) >= 11 is 1.43. The number of aromatic amines is 1. The maximum absolute atomic E-state index is 12.4. The molecule has 4 rings (SSSR count). The van der Waals surface area contributed by atoms with Crippen LogP contribution in [0.25, 0.3) is 32.1 Å². The molecule has 0 saturated heterocycles. The summed E-state index contributed by atoms with van der Waals surface area (Å²) in [6.07, 6.45) is 3.06. The minimum atomic E-state index is -0.0815. The second-order valence-electron chi connectivity index (χ2n) is 7.41. The molecule has 2 N–H and O–H groups in total. The number of phenolic OH excluding ortho intramolecular Hbond substituents is 1. The van der Waals surface area contributed by atoms with Gasteiger partial charge in [0.25, 0.3) is 5.56 Å². The maximum atomic E-state index is 12.4. The van der Waals surface area contributed by atoms with Crippen LogP contribution in [0.4, 0.5) is 0 Å². The first kappa shape index (κ1) is 19.5. The molecule has 0 bridgehead atoms. The van der Waals surface area contributed by atoms with E-state index in [-0.39, 0.29) is 5.56 Å². The van der Waals surface area contributed by atoms with Crippen LogP contribution in [-0.2, 0) is 6.42 Å². The molecular weight excluding hydrogens is 382 g/mol. The molecule has 0 aliphatic heterocycles. The van der Waals surface area contributed by atoms with Crippen LogP contribution in [0.2, 0.25) is 0 Å². The van der Waals surface area contributed by atoms with Crippen LogP contribution >= 0.6 is 11.3 Å². The Kier molecular flexibility index (Phi) is 5.33. The molecule has 4 nitrogen and oxygen atoms in total. The van der Waals surface area contributed by atoms with E-state index in [4.69, 9.17) is 4.74 Å². The third-order valence-electron chi connectivity index (χ3n) is 5.81. The Hall–Kier alpha value is -2.79. The molecule has 29 heavy (non-hydrogen) atoms. The fourth-order valence-electron chi connectivity index (χ4n) is 4.07. The number of aromatic nitrogens is 1. The lowest BCUT2D eigenvalue weighted by Crippen LogP contribution is -2.05. The lowest BCUT2D eigenvalue weighted by molar-refractivity contribution is 0.417. The number of phenols is 1. The maximum Gasteiger partial charge on any atom is 0.266 e. The molecule has 5 heteroatoms. The summed E-state index contributed by atoms with van der Waals surface area (Å²) in [7, 11) is 1.64. The first-order valence-corrected chi connectivity index (χ1v) is 10.9. The monoisotopic (exact) mass is 407 g/mol. The van der Waals surface area contributed by atoms with Gasteiger partial charge in [-0.3, -0.25) is 4.79 Å². The summed E-state index contributed by atoms with van der Waals surface area (Å²) in [6.45, 7) is 4.38. The number of fused-ring (bicyclic) bond motifs is 3. The molecule has 0 aliphatic rings. The SMILES string of the molecule is CCC(CC)Cc1ccc(-c2c(OC)ccc3[nH]c(=O)c4sccc4c23)cc1O. The first-order valence-electron chi connectivity index (χ1n) is 9.99. The van der Waals surface area contributed by atoms with Crippen LogP contribution in [0.15, 0.2) is 46.6 Å². The van der Waals surface area contributed by atoms with Gasteiger partial charge in [0.05, 0.1) is 7.11 Å². The van der Waals surface area contributed by atoms with Crippen LogP contribution in [-0.4, -0.2) is 17.2 Å². The van der Waals surface area contributed by atoms with E-state index in [0.717, 1.165) is 52.2 Å². The summed E-state index contributed by atoms with van der Waals surface area (Å²) in [6, 6.07) is 11.6. The normalized spacial score (nSPS) is 11.6. The molecule has 2 aromatic carbocycles. The van der Waals surface area contributed by atoms with Crippen LogP contribution < -0.4 is 10.3 Å². The molecule has 4 aromatic rings. The molecule has 0 unspecified atom stereocenters. The number of H-pyrrole nitrogens is 1. The van der Waals surface area contributed by atoms with Crippen molar-refractivity contribution >= 4 is 32.3 Å². The number of rotatable bonds is 6. The van der Waals surface area contributed by atoms with Crippen molar-refractivity contribution in [1.82, 2.24) is 4.98 Å². The smallest absolute Gasteiger partial charge is 0.266 e. The predicted molar refractivity (Wildman–Crippen MR) is 121 cm³/mol. The van der Waals surface area contributed by atoms with Gasteiger partial charge in [-0.05, 0) is 53.1 Å². The molecule has 0 aliphatic carbocycles. The van der Waals surface area contributed by atoms with Crippen LogP contribution in [0.3, 0.4) is 0 Å². The Labute approximate surface area is 173 Å². The van der Waals surface area contributed by atoms with E-state index in [0.29, 0.717) is 22.1 Å². The van der Waals surface area contributed by atoms with E-state index in [1.165, 1.54) is 11.3 Å². The Morgan fingerprint density at radius 3 is 2.62 bits per heavy atom. The third-order valence-corrected chi connectivity index (χ3v) is 6.73. The summed E-state index contributed by atoms with van der Waals surface area (Å²) in [4.78, 5) is 15.4. The van der Waals surface area contributed by atoms with Gasteiger partial charge in [0, 0.05) is 21.9 Å². The highest BCUT2D eigenvalue weighted by atomic mass is 32.1. The zero-order valence-electron chi connectivity index (χ0n) is 16.9. The standard InChI is InChI=1S/C24H25NO3S/c1-4-14(5-2)12-15-6-7-16(13-19(15)26)21-20(28-3)9-8-18-22(21)17-10-11-29-23(17)24(27)25-18/h6-11,13-14,26H,4-5,12H2,1-3H3,(H,25,27). The highest BCUT2D eigenvalue weighted by Crippen LogP contribution is 2.41. The summed E-state index contributed by atoms with van der Waals surface area (Å²) < 4.78 is 6.36. The van der Waals surface area contributed by atoms with Crippen molar-refractivity contribution in [2.75, 3.05) is 7.11 Å². The number of hydrogen-bond donors (Lipinski definition) is 2. The van der Waals surface area contributed by atoms with E-state index in [2.05, 4.69) is 18.8 Å². The van der Waals surface area contributed by atoms with Crippen LogP contribution in [0.5, 0.6) is 11.5 Å². The van der Waals surface area contributed by atoms with Gasteiger partial charge >= 0.3 is 0 Å². The van der Waals surface area contributed by atoms with E-state index in [1.54, 1.807) is 7.11 Å². The number of pyridine rings is 1. The second kappa shape index (κ2) is 7.91.